The molecule has 0 bridgehead atoms. The van der Waals surface area contributed by atoms with E-state index >= 15 is 0 Å². The minimum absolute atomic E-state index is 0.0243. The maximum Gasteiger partial charge on any atom is 0.326 e. The average molecular weight is 504 g/mol. The number of aliphatic carboxylic acids is 3. The zero-order valence-corrected chi connectivity index (χ0v) is 18.9. The lowest BCUT2D eigenvalue weighted by Crippen LogP contribution is -2.57. The minimum Gasteiger partial charge on any atom is -0.481 e. The van der Waals surface area contributed by atoms with Crippen molar-refractivity contribution in [3.63, 3.8) is 0 Å². The van der Waals surface area contributed by atoms with Crippen LogP contribution in [0.3, 0.4) is 0 Å². The van der Waals surface area contributed by atoms with Gasteiger partial charge in [0.25, 0.3) is 0 Å². The Morgan fingerprint density at radius 2 is 1.23 bits per heavy atom. The van der Waals surface area contributed by atoms with Crippen molar-refractivity contribution < 1.29 is 48.9 Å². The van der Waals surface area contributed by atoms with Gasteiger partial charge in [0.2, 0.25) is 23.6 Å². The summed E-state index contributed by atoms with van der Waals surface area (Å²) in [5.74, 6) is -8.27. The molecule has 4 atom stereocenters. The van der Waals surface area contributed by atoms with E-state index in [1.807, 2.05) is 0 Å². The van der Waals surface area contributed by atoms with Crippen LogP contribution in [-0.4, -0.2) is 87.6 Å². The number of hydrogen-bond donors (Lipinski definition) is 9. The largest absolute Gasteiger partial charge is 0.481 e. The predicted octanol–water partition coefficient (Wildman–Crippen LogP) is -3.80. The Labute approximate surface area is 199 Å². The van der Waals surface area contributed by atoms with Gasteiger partial charge in [-0.15, -0.1) is 0 Å². The highest BCUT2D eigenvalue weighted by Gasteiger charge is 2.31. The summed E-state index contributed by atoms with van der Waals surface area (Å²) < 4.78 is 0. The quantitative estimate of drug-likeness (QED) is 0.0812. The highest BCUT2D eigenvalue weighted by atomic mass is 16.4. The Morgan fingerprint density at radius 3 is 1.71 bits per heavy atom. The van der Waals surface area contributed by atoms with Gasteiger partial charge in [-0.3, -0.25) is 28.8 Å². The fourth-order valence-electron chi connectivity index (χ4n) is 2.78. The number of rotatable bonds is 18. The van der Waals surface area contributed by atoms with Crippen molar-refractivity contribution in [1.29, 1.82) is 0 Å². The Hall–Kier alpha value is -3.79. The van der Waals surface area contributed by atoms with Crippen LogP contribution in [0.25, 0.3) is 0 Å². The summed E-state index contributed by atoms with van der Waals surface area (Å²) in [4.78, 5) is 81.8. The van der Waals surface area contributed by atoms with Gasteiger partial charge in [-0.1, -0.05) is 0 Å². The van der Waals surface area contributed by atoms with Gasteiger partial charge in [0.1, 0.15) is 18.1 Å². The topological polar surface area (TPSA) is 294 Å². The van der Waals surface area contributed by atoms with Gasteiger partial charge in [-0.25, -0.2) is 4.79 Å². The normalized spacial score (nSPS) is 14.0. The molecular formula is C19H32N6O10. The first-order chi connectivity index (χ1) is 16.3. The third kappa shape index (κ3) is 13.5. The van der Waals surface area contributed by atoms with Crippen molar-refractivity contribution in [3.05, 3.63) is 0 Å². The summed E-state index contributed by atoms with van der Waals surface area (Å²) in [6, 6.07) is -6.06. The second-order valence-corrected chi connectivity index (χ2v) is 7.61. The summed E-state index contributed by atoms with van der Waals surface area (Å²) in [6.45, 7) is 0.258. The number of hydrogen-bond acceptors (Lipinski definition) is 9. The van der Waals surface area contributed by atoms with Crippen LogP contribution in [0.5, 0.6) is 0 Å². The molecule has 0 rings (SSSR count). The van der Waals surface area contributed by atoms with Gasteiger partial charge in [-0.2, -0.15) is 0 Å². The van der Waals surface area contributed by atoms with Crippen LogP contribution in [0, 0.1) is 0 Å². The van der Waals surface area contributed by atoms with Crippen molar-refractivity contribution in [2.24, 2.45) is 17.2 Å². The van der Waals surface area contributed by atoms with Gasteiger partial charge >= 0.3 is 17.9 Å². The van der Waals surface area contributed by atoms with Crippen molar-refractivity contribution in [2.75, 3.05) is 6.54 Å². The summed E-state index contributed by atoms with van der Waals surface area (Å²) in [6.07, 6.45) is -1.58. The SMILES string of the molecule is NCCCCC(NC(=O)C(CC(=O)O)NC(=O)C(N)CCC(=O)O)C(=O)NC(CC(N)=O)C(=O)O. The van der Waals surface area contributed by atoms with Crippen molar-refractivity contribution in [3.8, 4) is 0 Å². The zero-order valence-electron chi connectivity index (χ0n) is 18.9. The first-order valence-electron chi connectivity index (χ1n) is 10.6. The van der Waals surface area contributed by atoms with Gasteiger partial charge in [0, 0.05) is 6.42 Å². The molecule has 0 fully saturated rings. The number of carboxylic acid groups (broad SMARTS) is 3. The molecule has 4 amide bonds. The van der Waals surface area contributed by atoms with Crippen LogP contribution < -0.4 is 33.2 Å². The molecule has 16 nitrogen and oxygen atoms in total. The van der Waals surface area contributed by atoms with Gasteiger partial charge in [0.05, 0.1) is 18.9 Å². The van der Waals surface area contributed by atoms with Gasteiger partial charge in [0.15, 0.2) is 0 Å². The van der Waals surface area contributed by atoms with Crippen molar-refractivity contribution in [2.45, 2.75) is 69.1 Å². The maximum absolute atomic E-state index is 12.7. The molecule has 0 radical (unpaired) electrons. The van der Waals surface area contributed by atoms with E-state index in [0.29, 0.717) is 12.8 Å². The first-order valence-corrected chi connectivity index (χ1v) is 10.6. The average Bonchev–Trinajstić information content (AvgIpc) is 2.74. The lowest BCUT2D eigenvalue weighted by Gasteiger charge is -2.24. The number of carbonyl (C=O) groups is 7. The van der Waals surface area contributed by atoms with E-state index in [0.717, 1.165) is 0 Å². The molecule has 0 aromatic heterocycles. The lowest BCUT2D eigenvalue weighted by atomic mass is 10.1. The number of nitrogens with two attached hydrogens (primary N) is 3. The van der Waals surface area contributed by atoms with Crippen LogP contribution >= 0.6 is 0 Å². The van der Waals surface area contributed by atoms with Crippen molar-refractivity contribution >= 4 is 41.5 Å². The Kier molecular flexibility index (Phi) is 14.2. The third-order valence-corrected chi connectivity index (χ3v) is 4.62. The number of primary amides is 1. The van der Waals surface area contributed by atoms with E-state index in [-0.39, 0.29) is 19.4 Å². The second kappa shape index (κ2) is 15.9. The molecule has 0 saturated heterocycles. The molecular weight excluding hydrogens is 472 g/mol. The summed E-state index contributed by atoms with van der Waals surface area (Å²) in [7, 11) is 0. The summed E-state index contributed by atoms with van der Waals surface area (Å²) >= 11 is 0. The molecule has 0 aliphatic carbocycles. The molecule has 0 heterocycles. The lowest BCUT2D eigenvalue weighted by molar-refractivity contribution is -0.144. The van der Waals surface area contributed by atoms with Gasteiger partial charge < -0.3 is 48.5 Å². The molecule has 16 heteroatoms. The summed E-state index contributed by atoms with van der Waals surface area (Å²) in [5.41, 5.74) is 16.0. The molecule has 0 aliphatic rings. The zero-order chi connectivity index (χ0) is 27.1. The smallest absolute Gasteiger partial charge is 0.326 e. The molecule has 12 N–H and O–H groups in total. The maximum atomic E-state index is 12.7. The minimum atomic E-state index is -1.68. The second-order valence-electron chi connectivity index (χ2n) is 7.61. The molecule has 0 aromatic rings. The van der Waals surface area contributed by atoms with E-state index in [4.69, 9.17) is 27.4 Å². The van der Waals surface area contributed by atoms with E-state index in [1.165, 1.54) is 0 Å². The number of amides is 4. The van der Waals surface area contributed by atoms with Crippen LogP contribution in [0.2, 0.25) is 0 Å². The number of nitrogens with one attached hydrogen (secondary N) is 3. The molecule has 198 valence electrons. The standard InChI is InChI=1S/C19H32N6O10/c20-6-2-1-3-10(17(32)25-12(19(34)35)7-13(22)26)23-18(33)11(8-15(29)30)24-16(31)9(21)4-5-14(27)28/h9-12H,1-8,20-21H2,(H2,22,26)(H,23,33)(H,24,31)(H,25,32)(H,27,28)(H,29,30)(H,34,35). The van der Waals surface area contributed by atoms with Crippen LogP contribution in [0.4, 0.5) is 0 Å². The van der Waals surface area contributed by atoms with Crippen LogP contribution in [0.15, 0.2) is 0 Å². The summed E-state index contributed by atoms with van der Waals surface area (Å²) in [5, 5.41) is 33.4. The Bertz CT molecular complexity index is 805. The highest BCUT2D eigenvalue weighted by molar-refractivity contribution is 5.96. The number of carbonyl (C=O) groups excluding carboxylic acids is 4. The van der Waals surface area contributed by atoms with E-state index in [1.54, 1.807) is 0 Å². The molecule has 0 aliphatic heterocycles. The monoisotopic (exact) mass is 504 g/mol. The number of unbranched alkanes of at least 4 members (excludes halogenated alkanes) is 1. The predicted molar refractivity (Wildman–Crippen MR) is 117 cm³/mol. The highest BCUT2D eigenvalue weighted by Crippen LogP contribution is 2.05. The number of carboxylic acids is 3. The first kappa shape index (κ1) is 31.2. The van der Waals surface area contributed by atoms with E-state index in [2.05, 4.69) is 16.0 Å². The Morgan fingerprint density at radius 1 is 0.686 bits per heavy atom. The fraction of sp³-hybridized carbons (Fsp3) is 0.632. The van der Waals surface area contributed by atoms with Gasteiger partial charge in [-0.05, 0) is 32.2 Å². The molecule has 0 saturated carbocycles. The third-order valence-electron chi connectivity index (χ3n) is 4.62. The van der Waals surface area contributed by atoms with E-state index in [9.17, 15) is 38.7 Å². The van der Waals surface area contributed by atoms with Crippen LogP contribution in [-0.2, 0) is 33.6 Å². The molecule has 35 heavy (non-hydrogen) atoms. The van der Waals surface area contributed by atoms with Crippen LogP contribution in [0.1, 0.15) is 44.9 Å². The molecule has 4 unspecified atom stereocenters. The molecule has 0 aromatic carbocycles. The Balaban J connectivity index is 5.53. The van der Waals surface area contributed by atoms with Crippen molar-refractivity contribution in [1.82, 2.24) is 16.0 Å². The molecule has 0 spiro atoms. The fourth-order valence-corrected chi connectivity index (χ4v) is 2.78. The van der Waals surface area contributed by atoms with E-state index < -0.39 is 85.0 Å².